The molecular weight excluding hydrogens is 458 g/mol. The number of nitrogens with one attached hydrogen (secondary N) is 1. The molecule has 0 aliphatic heterocycles. The van der Waals surface area contributed by atoms with Gasteiger partial charge < -0.3 is 10.1 Å². The van der Waals surface area contributed by atoms with Crippen LogP contribution in [-0.4, -0.2) is 29.3 Å². The topological polar surface area (TPSA) is 56.1 Å². The normalized spacial score (nSPS) is 10.9. The molecule has 5 heteroatoms. The lowest BCUT2D eigenvalue weighted by Gasteiger charge is -2.18. The van der Waals surface area contributed by atoms with E-state index < -0.39 is 0 Å². The Morgan fingerprint density at radius 1 is 0.811 bits per heavy atom. The fourth-order valence-corrected chi connectivity index (χ4v) is 4.53. The first kappa shape index (κ1) is 24.1. The lowest BCUT2D eigenvalue weighted by Crippen LogP contribution is -2.28. The van der Waals surface area contributed by atoms with Crippen molar-refractivity contribution in [3.63, 3.8) is 0 Å². The lowest BCUT2D eigenvalue weighted by atomic mass is 9.88. The first-order chi connectivity index (χ1) is 18.2. The average molecular weight is 488 g/mol. The van der Waals surface area contributed by atoms with E-state index in [2.05, 4.69) is 53.8 Å². The van der Waals surface area contributed by atoms with Crippen molar-refractivity contribution in [1.82, 2.24) is 15.1 Å². The van der Waals surface area contributed by atoms with Crippen molar-refractivity contribution >= 4 is 5.91 Å². The summed E-state index contributed by atoms with van der Waals surface area (Å²) in [7, 11) is 1.64. The second kappa shape index (κ2) is 11.4. The van der Waals surface area contributed by atoms with Crippen LogP contribution >= 0.6 is 0 Å². The monoisotopic (exact) mass is 487 g/mol. The van der Waals surface area contributed by atoms with Crippen molar-refractivity contribution in [3.05, 3.63) is 138 Å². The Labute approximate surface area is 217 Å². The van der Waals surface area contributed by atoms with E-state index in [1.165, 1.54) is 11.1 Å². The lowest BCUT2D eigenvalue weighted by molar-refractivity contribution is 0.0945. The summed E-state index contributed by atoms with van der Waals surface area (Å²) in [6.07, 6.45) is 0.782. The zero-order chi connectivity index (χ0) is 25.5. The standard InChI is InChI=1S/C32H29N3O2/c1-37-28-19-17-26(18-20-28)30-23-31(35(34-30)27-15-9-4-10-16-27)32(36)33-22-21-29(24-11-5-2-6-12-24)25-13-7-3-8-14-25/h2-20,23,29H,21-22H2,1H3,(H,33,36). The van der Waals surface area contributed by atoms with Crippen molar-refractivity contribution in [1.29, 1.82) is 0 Å². The second-order valence-corrected chi connectivity index (χ2v) is 8.81. The maximum atomic E-state index is 13.4. The van der Waals surface area contributed by atoms with Gasteiger partial charge in [-0.25, -0.2) is 4.68 Å². The zero-order valence-corrected chi connectivity index (χ0v) is 20.7. The number of hydrogen-bond acceptors (Lipinski definition) is 3. The summed E-state index contributed by atoms with van der Waals surface area (Å²) in [4.78, 5) is 13.4. The molecular formula is C32H29N3O2. The minimum absolute atomic E-state index is 0.156. The van der Waals surface area contributed by atoms with Gasteiger partial charge >= 0.3 is 0 Å². The van der Waals surface area contributed by atoms with E-state index in [0.717, 1.165) is 29.1 Å². The average Bonchev–Trinajstić information content (AvgIpc) is 3.42. The van der Waals surface area contributed by atoms with Gasteiger partial charge in [0.15, 0.2) is 0 Å². The van der Waals surface area contributed by atoms with Gasteiger partial charge in [-0.05, 0) is 60.0 Å². The molecule has 0 aliphatic rings. The van der Waals surface area contributed by atoms with Gasteiger partial charge in [0.25, 0.3) is 5.91 Å². The fourth-order valence-electron chi connectivity index (χ4n) is 4.53. The summed E-state index contributed by atoms with van der Waals surface area (Å²) in [5.41, 5.74) is 5.44. The van der Waals surface area contributed by atoms with E-state index in [-0.39, 0.29) is 11.8 Å². The summed E-state index contributed by atoms with van der Waals surface area (Å²) in [5, 5.41) is 7.92. The molecule has 0 saturated heterocycles. The molecule has 5 rings (SSSR count). The number of aromatic nitrogens is 2. The van der Waals surface area contributed by atoms with E-state index in [4.69, 9.17) is 9.84 Å². The van der Waals surface area contributed by atoms with Crippen LogP contribution in [0.2, 0.25) is 0 Å². The minimum Gasteiger partial charge on any atom is -0.497 e. The van der Waals surface area contributed by atoms with Crippen LogP contribution < -0.4 is 10.1 Å². The van der Waals surface area contributed by atoms with Gasteiger partial charge in [-0.15, -0.1) is 0 Å². The number of amides is 1. The number of rotatable bonds is 9. The number of carbonyl (C=O) groups is 1. The Morgan fingerprint density at radius 3 is 1.95 bits per heavy atom. The molecule has 0 aliphatic carbocycles. The quantitative estimate of drug-likeness (QED) is 0.258. The Bertz CT molecular complexity index is 1390. The van der Waals surface area contributed by atoms with E-state index in [1.807, 2.05) is 72.8 Å². The van der Waals surface area contributed by atoms with Crippen molar-refractivity contribution in [2.75, 3.05) is 13.7 Å². The third-order valence-corrected chi connectivity index (χ3v) is 6.45. The number of methoxy groups -OCH3 is 1. The van der Waals surface area contributed by atoms with Crippen LogP contribution in [0.5, 0.6) is 5.75 Å². The molecule has 0 atom stereocenters. The molecule has 0 radical (unpaired) electrons. The Balaban J connectivity index is 1.38. The number of para-hydroxylation sites is 1. The molecule has 1 amide bonds. The van der Waals surface area contributed by atoms with Gasteiger partial charge in [-0.1, -0.05) is 78.9 Å². The summed E-state index contributed by atoms with van der Waals surface area (Å²) >= 11 is 0. The van der Waals surface area contributed by atoms with Crippen molar-refractivity contribution in [2.45, 2.75) is 12.3 Å². The molecule has 4 aromatic carbocycles. The first-order valence-corrected chi connectivity index (χ1v) is 12.4. The van der Waals surface area contributed by atoms with Gasteiger partial charge in [0.2, 0.25) is 0 Å². The highest BCUT2D eigenvalue weighted by atomic mass is 16.5. The minimum atomic E-state index is -0.156. The number of hydrogen-bond donors (Lipinski definition) is 1. The largest absolute Gasteiger partial charge is 0.497 e. The summed E-state index contributed by atoms with van der Waals surface area (Å²) in [5.74, 6) is 0.808. The van der Waals surface area contributed by atoms with Gasteiger partial charge in [-0.3, -0.25) is 4.79 Å². The predicted molar refractivity (Wildman–Crippen MR) is 147 cm³/mol. The van der Waals surface area contributed by atoms with Crippen LogP contribution in [0, 0.1) is 0 Å². The second-order valence-electron chi connectivity index (χ2n) is 8.81. The third-order valence-electron chi connectivity index (χ3n) is 6.45. The molecule has 184 valence electrons. The molecule has 5 nitrogen and oxygen atoms in total. The molecule has 0 bridgehead atoms. The zero-order valence-electron chi connectivity index (χ0n) is 20.7. The van der Waals surface area contributed by atoms with Gasteiger partial charge in [-0.2, -0.15) is 5.10 Å². The molecule has 5 aromatic rings. The van der Waals surface area contributed by atoms with Gasteiger partial charge in [0.05, 0.1) is 18.5 Å². The highest BCUT2D eigenvalue weighted by Gasteiger charge is 2.19. The number of benzene rings is 4. The molecule has 1 heterocycles. The summed E-state index contributed by atoms with van der Waals surface area (Å²) in [6.45, 7) is 0.533. The molecule has 0 saturated carbocycles. The Hall–Kier alpha value is -4.64. The van der Waals surface area contributed by atoms with E-state index >= 15 is 0 Å². The van der Waals surface area contributed by atoms with Crippen molar-refractivity contribution < 1.29 is 9.53 Å². The summed E-state index contributed by atoms with van der Waals surface area (Å²) in [6, 6.07) is 40.1. The Morgan fingerprint density at radius 2 is 1.38 bits per heavy atom. The van der Waals surface area contributed by atoms with Crippen molar-refractivity contribution in [2.24, 2.45) is 0 Å². The maximum Gasteiger partial charge on any atom is 0.270 e. The SMILES string of the molecule is COc1ccc(-c2cc(C(=O)NCCC(c3ccccc3)c3ccccc3)n(-c3ccccc3)n2)cc1. The maximum absolute atomic E-state index is 13.4. The highest BCUT2D eigenvalue weighted by molar-refractivity contribution is 5.94. The van der Waals surface area contributed by atoms with Crippen LogP contribution in [-0.2, 0) is 0 Å². The number of ether oxygens (including phenoxy) is 1. The fraction of sp³-hybridized carbons (Fsp3) is 0.125. The molecule has 37 heavy (non-hydrogen) atoms. The molecule has 1 aromatic heterocycles. The third kappa shape index (κ3) is 5.62. The Kier molecular flexibility index (Phi) is 7.42. The first-order valence-electron chi connectivity index (χ1n) is 12.4. The molecule has 1 N–H and O–H groups in total. The van der Waals surface area contributed by atoms with Crippen LogP contribution in [0.3, 0.4) is 0 Å². The highest BCUT2D eigenvalue weighted by Crippen LogP contribution is 2.28. The number of carbonyl (C=O) groups excluding carboxylic acids is 1. The van der Waals surface area contributed by atoms with E-state index in [0.29, 0.717) is 12.2 Å². The molecule has 0 spiro atoms. The smallest absolute Gasteiger partial charge is 0.270 e. The predicted octanol–water partition coefficient (Wildman–Crippen LogP) is 6.50. The number of nitrogens with zero attached hydrogens (tertiary/aromatic N) is 2. The van der Waals surface area contributed by atoms with Crippen LogP contribution in [0.1, 0.15) is 34.0 Å². The molecule has 0 unspecified atom stereocenters. The van der Waals surface area contributed by atoms with Gasteiger partial charge in [0.1, 0.15) is 11.4 Å². The van der Waals surface area contributed by atoms with E-state index in [9.17, 15) is 4.79 Å². The van der Waals surface area contributed by atoms with Crippen LogP contribution in [0.4, 0.5) is 0 Å². The van der Waals surface area contributed by atoms with E-state index in [1.54, 1.807) is 11.8 Å². The van der Waals surface area contributed by atoms with Gasteiger partial charge in [0, 0.05) is 18.0 Å². The van der Waals surface area contributed by atoms with Crippen LogP contribution in [0.25, 0.3) is 16.9 Å². The van der Waals surface area contributed by atoms with Crippen molar-refractivity contribution in [3.8, 4) is 22.7 Å². The summed E-state index contributed by atoms with van der Waals surface area (Å²) < 4.78 is 6.99. The molecule has 0 fully saturated rings. The van der Waals surface area contributed by atoms with Crippen LogP contribution in [0.15, 0.2) is 121 Å².